The second-order valence-corrected chi connectivity index (χ2v) is 6.02. The molecule has 22 heavy (non-hydrogen) atoms. The lowest BCUT2D eigenvalue weighted by Gasteiger charge is -2.38. The van der Waals surface area contributed by atoms with Gasteiger partial charge in [0, 0.05) is 5.41 Å². The lowest BCUT2D eigenvalue weighted by atomic mass is 9.65. The van der Waals surface area contributed by atoms with Crippen molar-refractivity contribution in [1.29, 1.82) is 0 Å². The monoisotopic (exact) mass is 298 g/mol. The van der Waals surface area contributed by atoms with Crippen LogP contribution in [-0.4, -0.2) is 10.4 Å². The number of hydrogen-bond donors (Lipinski definition) is 4. The zero-order chi connectivity index (χ0) is 15.4. The number of nitrogens with one attached hydrogen (secondary N) is 2. The van der Waals surface area contributed by atoms with Gasteiger partial charge in [-0.15, -0.1) is 0 Å². The number of rotatable bonds is 4. The first-order valence-corrected chi connectivity index (χ1v) is 7.80. The molecule has 3 rings (SSSR count). The molecule has 4 heteroatoms. The highest BCUT2D eigenvalue weighted by Gasteiger charge is 2.35. The maximum Gasteiger partial charge on any atom is 0.0602 e. The smallest absolute Gasteiger partial charge is 0.0602 e. The van der Waals surface area contributed by atoms with E-state index in [0.29, 0.717) is 11.4 Å². The van der Waals surface area contributed by atoms with Crippen molar-refractivity contribution in [3.63, 3.8) is 0 Å². The Morgan fingerprint density at radius 2 is 1.05 bits per heavy atom. The summed E-state index contributed by atoms with van der Waals surface area (Å²) < 4.78 is 0. The normalized spacial score (nSPS) is 17.0. The summed E-state index contributed by atoms with van der Waals surface area (Å²) in [6.45, 7) is 0. The van der Waals surface area contributed by atoms with Crippen molar-refractivity contribution in [2.75, 3.05) is 11.0 Å². The van der Waals surface area contributed by atoms with Gasteiger partial charge in [-0.05, 0) is 48.2 Å². The largest absolute Gasteiger partial charge is 0.291 e. The molecule has 1 saturated carbocycles. The van der Waals surface area contributed by atoms with Crippen LogP contribution in [-0.2, 0) is 5.41 Å². The van der Waals surface area contributed by atoms with Crippen LogP contribution in [0.3, 0.4) is 0 Å². The summed E-state index contributed by atoms with van der Waals surface area (Å²) >= 11 is 0. The minimum atomic E-state index is 0.0280. The van der Waals surface area contributed by atoms with Gasteiger partial charge < -0.3 is 0 Å². The predicted octanol–water partition coefficient (Wildman–Crippen LogP) is 4.54. The molecule has 0 unspecified atom stereocenters. The van der Waals surface area contributed by atoms with Gasteiger partial charge in [0.05, 0.1) is 11.4 Å². The van der Waals surface area contributed by atoms with Gasteiger partial charge in [0.15, 0.2) is 0 Å². The standard InChI is InChI=1S/C18H22N2O2/c21-19-16-8-4-14(5-9-16)18(12-2-1-3-13-18)15-6-10-17(20-22)11-7-15/h4-11,19-22H,1-3,12-13H2. The molecular weight excluding hydrogens is 276 g/mol. The molecule has 116 valence electrons. The van der Waals surface area contributed by atoms with E-state index in [1.807, 2.05) is 24.3 Å². The summed E-state index contributed by atoms with van der Waals surface area (Å²) in [5.41, 5.74) is 8.39. The fraction of sp³-hybridized carbons (Fsp3) is 0.333. The third kappa shape index (κ3) is 2.67. The van der Waals surface area contributed by atoms with Crippen molar-refractivity contribution in [3.8, 4) is 0 Å². The van der Waals surface area contributed by atoms with Gasteiger partial charge in [-0.3, -0.25) is 21.4 Å². The van der Waals surface area contributed by atoms with Crippen LogP contribution in [0.2, 0.25) is 0 Å². The van der Waals surface area contributed by atoms with Crippen LogP contribution in [0.15, 0.2) is 48.5 Å². The molecular formula is C18H22N2O2. The minimum Gasteiger partial charge on any atom is -0.291 e. The highest BCUT2D eigenvalue weighted by Crippen LogP contribution is 2.45. The van der Waals surface area contributed by atoms with Crippen LogP contribution in [0, 0.1) is 0 Å². The first-order valence-electron chi connectivity index (χ1n) is 7.80. The molecule has 1 fully saturated rings. The Balaban J connectivity index is 2.02. The van der Waals surface area contributed by atoms with Crippen LogP contribution in [0.1, 0.15) is 43.2 Å². The lowest BCUT2D eigenvalue weighted by Crippen LogP contribution is -2.30. The highest BCUT2D eigenvalue weighted by atomic mass is 16.5. The van der Waals surface area contributed by atoms with Crippen LogP contribution >= 0.6 is 0 Å². The van der Waals surface area contributed by atoms with E-state index < -0.39 is 0 Å². The van der Waals surface area contributed by atoms with Gasteiger partial charge in [0.1, 0.15) is 0 Å². The molecule has 2 aromatic carbocycles. The molecule has 1 aliphatic rings. The van der Waals surface area contributed by atoms with E-state index in [9.17, 15) is 0 Å². The average molecular weight is 298 g/mol. The van der Waals surface area contributed by atoms with Gasteiger partial charge >= 0.3 is 0 Å². The molecule has 4 nitrogen and oxygen atoms in total. The molecule has 2 aromatic rings. The van der Waals surface area contributed by atoms with E-state index in [1.54, 1.807) is 0 Å². The number of anilines is 2. The Bertz CT molecular complexity index is 552. The SMILES string of the molecule is ONc1ccc(C2(c3ccc(NO)cc3)CCCCC2)cc1. The summed E-state index contributed by atoms with van der Waals surface area (Å²) in [6, 6.07) is 16.0. The summed E-state index contributed by atoms with van der Waals surface area (Å²) in [5, 5.41) is 18.0. The van der Waals surface area contributed by atoms with E-state index in [0.717, 1.165) is 12.8 Å². The van der Waals surface area contributed by atoms with Crippen LogP contribution in [0.5, 0.6) is 0 Å². The molecule has 0 amide bonds. The summed E-state index contributed by atoms with van der Waals surface area (Å²) in [7, 11) is 0. The third-order valence-corrected chi connectivity index (χ3v) is 4.84. The van der Waals surface area contributed by atoms with Crippen molar-refractivity contribution < 1.29 is 10.4 Å². The van der Waals surface area contributed by atoms with Crippen molar-refractivity contribution in [1.82, 2.24) is 0 Å². The van der Waals surface area contributed by atoms with Crippen LogP contribution in [0.25, 0.3) is 0 Å². The second-order valence-electron chi connectivity index (χ2n) is 6.02. The number of benzene rings is 2. The molecule has 0 radical (unpaired) electrons. The Hall–Kier alpha value is -2.04. The van der Waals surface area contributed by atoms with Gasteiger partial charge in [-0.1, -0.05) is 43.5 Å². The molecule has 0 bridgehead atoms. The molecule has 4 N–H and O–H groups in total. The van der Waals surface area contributed by atoms with E-state index in [2.05, 4.69) is 35.2 Å². The summed E-state index contributed by atoms with van der Waals surface area (Å²) in [5.74, 6) is 0. The van der Waals surface area contributed by atoms with Gasteiger partial charge in [-0.2, -0.15) is 0 Å². The van der Waals surface area contributed by atoms with Gasteiger partial charge in [-0.25, -0.2) is 0 Å². The maximum absolute atomic E-state index is 9.00. The Morgan fingerprint density at radius 1 is 0.636 bits per heavy atom. The molecule has 0 aliphatic heterocycles. The Morgan fingerprint density at radius 3 is 1.41 bits per heavy atom. The van der Waals surface area contributed by atoms with Crippen molar-refractivity contribution in [2.24, 2.45) is 0 Å². The van der Waals surface area contributed by atoms with Crippen molar-refractivity contribution in [3.05, 3.63) is 59.7 Å². The average Bonchev–Trinajstić information content (AvgIpc) is 2.62. The van der Waals surface area contributed by atoms with Crippen molar-refractivity contribution >= 4 is 11.4 Å². The quantitative estimate of drug-likeness (QED) is 0.626. The Labute approximate surface area is 130 Å². The number of hydrogen-bond acceptors (Lipinski definition) is 4. The summed E-state index contributed by atoms with van der Waals surface area (Å²) in [4.78, 5) is 0. The highest BCUT2D eigenvalue weighted by molar-refractivity contribution is 5.50. The van der Waals surface area contributed by atoms with E-state index in [-0.39, 0.29) is 5.41 Å². The lowest BCUT2D eigenvalue weighted by molar-refractivity contribution is 0.345. The van der Waals surface area contributed by atoms with E-state index >= 15 is 0 Å². The van der Waals surface area contributed by atoms with Crippen LogP contribution in [0.4, 0.5) is 11.4 Å². The molecule has 0 spiro atoms. The van der Waals surface area contributed by atoms with E-state index in [4.69, 9.17) is 10.4 Å². The fourth-order valence-corrected chi connectivity index (χ4v) is 3.63. The van der Waals surface area contributed by atoms with Gasteiger partial charge in [0.25, 0.3) is 0 Å². The molecule has 0 atom stereocenters. The molecule has 1 aliphatic carbocycles. The molecule has 0 saturated heterocycles. The van der Waals surface area contributed by atoms with Gasteiger partial charge in [0.2, 0.25) is 0 Å². The Kier molecular flexibility index (Phi) is 4.32. The van der Waals surface area contributed by atoms with E-state index in [1.165, 1.54) is 30.4 Å². The first kappa shape index (κ1) is 14.9. The minimum absolute atomic E-state index is 0.0280. The second kappa shape index (κ2) is 6.38. The third-order valence-electron chi connectivity index (χ3n) is 4.84. The molecule has 0 heterocycles. The van der Waals surface area contributed by atoms with Crippen LogP contribution < -0.4 is 11.0 Å². The van der Waals surface area contributed by atoms with Crippen molar-refractivity contribution in [2.45, 2.75) is 37.5 Å². The predicted molar refractivity (Wildman–Crippen MR) is 87.6 cm³/mol. The first-order chi connectivity index (χ1) is 10.8. The maximum atomic E-state index is 9.00. The zero-order valence-electron chi connectivity index (χ0n) is 12.5. The fourth-order valence-electron chi connectivity index (χ4n) is 3.63. The molecule has 0 aromatic heterocycles. The zero-order valence-corrected chi connectivity index (χ0v) is 12.5. The topological polar surface area (TPSA) is 64.5 Å². The summed E-state index contributed by atoms with van der Waals surface area (Å²) in [6.07, 6.45) is 5.99.